The standard InChI is InChI=1S/C16H21N3OS2/c1-9-10(2)21-7-6-19(9)8-13-17-15(20)14-11-4-3-5-12(11)22-16(14)18-13/h9-10H,3-8H2,1-2H3,(H,17,18,20)/t9-,10-/m0/s1. The largest absolute Gasteiger partial charge is 0.309 e. The summed E-state index contributed by atoms with van der Waals surface area (Å²) in [5.41, 5.74) is 1.32. The third-order valence-electron chi connectivity index (χ3n) is 4.99. The first-order valence-corrected chi connectivity index (χ1v) is 9.89. The van der Waals surface area contributed by atoms with Crippen LogP contribution in [0.25, 0.3) is 10.2 Å². The Morgan fingerprint density at radius 3 is 3.09 bits per heavy atom. The number of thiophene rings is 1. The van der Waals surface area contributed by atoms with Crippen molar-refractivity contribution in [2.24, 2.45) is 0 Å². The molecule has 118 valence electrons. The zero-order chi connectivity index (χ0) is 15.3. The minimum Gasteiger partial charge on any atom is -0.309 e. The number of aromatic amines is 1. The van der Waals surface area contributed by atoms with Gasteiger partial charge in [-0.3, -0.25) is 9.69 Å². The summed E-state index contributed by atoms with van der Waals surface area (Å²) in [7, 11) is 0. The molecule has 2 aromatic heterocycles. The number of thioether (sulfide) groups is 1. The molecule has 1 fully saturated rings. The van der Waals surface area contributed by atoms with Gasteiger partial charge < -0.3 is 4.98 Å². The zero-order valence-electron chi connectivity index (χ0n) is 13.0. The Labute approximate surface area is 138 Å². The van der Waals surface area contributed by atoms with E-state index in [0.717, 1.165) is 47.7 Å². The number of hydrogen-bond donors (Lipinski definition) is 1. The Hall–Kier alpha value is -0.850. The van der Waals surface area contributed by atoms with Crippen molar-refractivity contribution in [3.05, 3.63) is 26.6 Å². The molecule has 0 bridgehead atoms. The van der Waals surface area contributed by atoms with Crippen molar-refractivity contribution in [1.29, 1.82) is 0 Å². The molecule has 2 aromatic rings. The molecule has 22 heavy (non-hydrogen) atoms. The maximum atomic E-state index is 12.5. The van der Waals surface area contributed by atoms with Crippen LogP contribution in [0.3, 0.4) is 0 Å². The van der Waals surface area contributed by atoms with E-state index in [-0.39, 0.29) is 5.56 Å². The second kappa shape index (κ2) is 5.65. The molecule has 3 heterocycles. The molecule has 2 aliphatic rings. The Kier molecular flexibility index (Phi) is 3.78. The highest BCUT2D eigenvalue weighted by atomic mass is 32.2. The minimum atomic E-state index is 0.0616. The van der Waals surface area contributed by atoms with E-state index in [0.29, 0.717) is 11.3 Å². The smallest absolute Gasteiger partial charge is 0.259 e. The van der Waals surface area contributed by atoms with Gasteiger partial charge in [-0.1, -0.05) is 6.92 Å². The molecule has 0 saturated carbocycles. The van der Waals surface area contributed by atoms with Crippen LogP contribution in [0, 0.1) is 0 Å². The minimum absolute atomic E-state index is 0.0616. The predicted octanol–water partition coefficient (Wildman–Crippen LogP) is 2.80. The molecule has 2 atom stereocenters. The number of rotatable bonds is 2. The average molecular weight is 335 g/mol. The lowest BCUT2D eigenvalue weighted by atomic mass is 10.2. The molecule has 4 rings (SSSR count). The van der Waals surface area contributed by atoms with E-state index in [4.69, 9.17) is 4.98 Å². The summed E-state index contributed by atoms with van der Waals surface area (Å²) in [6.07, 6.45) is 3.33. The number of aromatic nitrogens is 2. The first-order valence-electron chi connectivity index (χ1n) is 8.02. The normalized spacial score (nSPS) is 25.7. The Morgan fingerprint density at radius 2 is 2.23 bits per heavy atom. The summed E-state index contributed by atoms with van der Waals surface area (Å²) in [6.45, 7) is 6.37. The second-order valence-electron chi connectivity index (χ2n) is 6.34. The molecule has 1 aliphatic heterocycles. The lowest BCUT2D eigenvalue weighted by molar-refractivity contribution is 0.199. The van der Waals surface area contributed by atoms with Gasteiger partial charge in [-0.25, -0.2) is 4.98 Å². The average Bonchev–Trinajstić information content (AvgIpc) is 3.04. The van der Waals surface area contributed by atoms with Crippen molar-refractivity contribution < 1.29 is 0 Å². The van der Waals surface area contributed by atoms with E-state index in [1.807, 2.05) is 11.8 Å². The summed E-state index contributed by atoms with van der Waals surface area (Å²) in [5, 5.41) is 1.49. The van der Waals surface area contributed by atoms with Crippen LogP contribution in [0.5, 0.6) is 0 Å². The summed E-state index contributed by atoms with van der Waals surface area (Å²) < 4.78 is 0. The van der Waals surface area contributed by atoms with E-state index >= 15 is 0 Å². The molecule has 0 spiro atoms. The summed E-state index contributed by atoms with van der Waals surface area (Å²) in [6, 6.07) is 0.521. The van der Waals surface area contributed by atoms with Gasteiger partial charge in [0.2, 0.25) is 0 Å². The van der Waals surface area contributed by atoms with Gasteiger partial charge in [0, 0.05) is 28.5 Å². The van der Waals surface area contributed by atoms with E-state index in [1.54, 1.807) is 11.3 Å². The van der Waals surface area contributed by atoms with Crippen molar-refractivity contribution in [2.75, 3.05) is 12.3 Å². The number of fused-ring (bicyclic) bond motifs is 3. The molecule has 0 amide bonds. The fraction of sp³-hybridized carbons (Fsp3) is 0.625. The predicted molar refractivity (Wildman–Crippen MR) is 94.1 cm³/mol. The highest BCUT2D eigenvalue weighted by Crippen LogP contribution is 2.34. The van der Waals surface area contributed by atoms with Gasteiger partial charge in [-0.2, -0.15) is 11.8 Å². The highest BCUT2D eigenvalue weighted by molar-refractivity contribution is 8.00. The van der Waals surface area contributed by atoms with Crippen LogP contribution in [-0.2, 0) is 19.4 Å². The molecule has 0 aromatic carbocycles. The van der Waals surface area contributed by atoms with E-state index < -0.39 is 0 Å². The molecule has 4 nitrogen and oxygen atoms in total. The van der Waals surface area contributed by atoms with Gasteiger partial charge in [0.1, 0.15) is 10.7 Å². The van der Waals surface area contributed by atoms with Crippen LogP contribution in [0.2, 0.25) is 0 Å². The third-order valence-corrected chi connectivity index (χ3v) is 7.52. The molecule has 0 unspecified atom stereocenters. The Bertz CT molecular complexity index is 767. The first-order chi connectivity index (χ1) is 10.6. The number of H-pyrrole nitrogens is 1. The third kappa shape index (κ3) is 2.41. The first kappa shape index (κ1) is 14.7. The fourth-order valence-electron chi connectivity index (χ4n) is 3.53. The summed E-state index contributed by atoms with van der Waals surface area (Å²) in [5.74, 6) is 1.98. The highest BCUT2D eigenvalue weighted by Gasteiger charge is 2.26. The molecule has 6 heteroatoms. The van der Waals surface area contributed by atoms with Gasteiger partial charge >= 0.3 is 0 Å². The van der Waals surface area contributed by atoms with Crippen LogP contribution in [-0.4, -0.2) is 38.5 Å². The molecular weight excluding hydrogens is 314 g/mol. The molecule has 1 aliphatic carbocycles. The van der Waals surface area contributed by atoms with Crippen molar-refractivity contribution in [3.63, 3.8) is 0 Å². The molecule has 1 N–H and O–H groups in total. The van der Waals surface area contributed by atoms with Crippen LogP contribution in [0.15, 0.2) is 4.79 Å². The SMILES string of the molecule is C[C@@H]1SCCN(Cc2nc3sc4c(c3c(=O)[nH]2)CCC4)[C@H]1C. The van der Waals surface area contributed by atoms with Crippen molar-refractivity contribution in [3.8, 4) is 0 Å². The van der Waals surface area contributed by atoms with Gasteiger partial charge in [0.15, 0.2) is 0 Å². The van der Waals surface area contributed by atoms with E-state index in [2.05, 4.69) is 23.7 Å². The Morgan fingerprint density at radius 1 is 1.36 bits per heavy atom. The Balaban J connectivity index is 1.67. The fourth-order valence-corrected chi connectivity index (χ4v) is 5.98. The number of aryl methyl sites for hydroxylation is 2. The topological polar surface area (TPSA) is 49.0 Å². The van der Waals surface area contributed by atoms with Crippen LogP contribution >= 0.6 is 23.1 Å². The monoisotopic (exact) mass is 335 g/mol. The number of nitrogens with zero attached hydrogens (tertiary/aromatic N) is 2. The summed E-state index contributed by atoms with van der Waals surface area (Å²) in [4.78, 5) is 25.1. The maximum Gasteiger partial charge on any atom is 0.259 e. The van der Waals surface area contributed by atoms with Crippen molar-refractivity contribution >= 4 is 33.3 Å². The van der Waals surface area contributed by atoms with E-state index in [1.165, 1.54) is 16.9 Å². The van der Waals surface area contributed by atoms with Crippen LogP contribution < -0.4 is 5.56 Å². The van der Waals surface area contributed by atoms with Crippen LogP contribution in [0.4, 0.5) is 0 Å². The molecule has 1 saturated heterocycles. The van der Waals surface area contributed by atoms with Crippen molar-refractivity contribution in [2.45, 2.75) is 50.9 Å². The van der Waals surface area contributed by atoms with Gasteiger partial charge in [0.05, 0.1) is 11.9 Å². The number of hydrogen-bond acceptors (Lipinski definition) is 5. The quantitative estimate of drug-likeness (QED) is 0.917. The van der Waals surface area contributed by atoms with Gasteiger partial charge in [-0.05, 0) is 31.7 Å². The zero-order valence-corrected chi connectivity index (χ0v) is 14.6. The lowest BCUT2D eigenvalue weighted by Crippen LogP contribution is -2.44. The number of nitrogens with one attached hydrogen (secondary N) is 1. The van der Waals surface area contributed by atoms with Gasteiger partial charge in [-0.15, -0.1) is 11.3 Å². The molecule has 0 radical (unpaired) electrons. The molecular formula is C16H21N3OS2. The van der Waals surface area contributed by atoms with Crippen LogP contribution in [0.1, 0.15) is 36.5 Å². The lowest BCUT2D eigenvalue weighted by Gasteiger charge is -2.37. The van der Waals surface area contributed by atoms with E-state index in [9.17, 15) is 4.79 Å². The second-order valence-corrected chi connectivity index (χ2v) is 8.91. The summed E-state index contributed by atoms with van der Waals surface area (Å²) >= 11 is 3.75. The van der Waals surface area contributed by atoms with Crippen molar-refractivity contribution in [1.82, 2.24) is 14.9 Å². The van der Waals surface area contributed by atoms with Gasteiger partial charge in [0.25, 0.3) is 5.56 Å². The maximum absolute atomic E-state index is 12.5.